The number of aromatic nitrogens is 3. The van der Waals surface area contributed by atoms with Crippen molar-refractivity contribution in [2.45, 2.75) is 13.3 Å². The zero-order chi connectivity index (χ0) is 9.84. The molecule has 0 aromatic carbocycles. The van der Waals surface area contributed by atoms with Crippen molar-refractivity contribution in [3.63, 3.8) is 0 Å². The van der Waals surface area contributed by atoms with Gasteiger partial charge in [-0.2, -0.15) is 4.98 Å². The van der Waals surface area contributed by atoms with Crippen LogP contribution in [-0.4, -0.2) is 28.8 Å². The molecular formula is C7H10Cl2N4. The Morgan fingerprint density at radius 2 is 2.00 bits per heavy atom. The molecule has 0 saturated carbocycles. The second kappa shape index (κ2) is 4.58. The number of rotatable bonds is 3. The van der Waals surface area contributed by atoms with Crippen LogP contribution in [0.15, 0.2) is 0 Å². The molecule has 1 aromatic heterocycles. The first-order valence-corrected chi connectivity index (χ1v) is 4.67. The molecule has 0 N–H and O–H groups in total. The van der Waals surface area contributed by atoms with Crippen LogP contribution in [0, 0.1) is 0 Å². The van der Waals surface area contributed by atoms with E-state index in [-0.39, 0.29) is 10.4 Å². The number of anilines is 1. The molecule has 0 spiro atoms. The van der Waals surface area contributed by atoms with Crippen LogP contribution in [0.4, 0.5) is 5.82 Å². The maximum atomic E-state index is 5.79. The van der Waals surface area contributed by atoms with E-state index in [4.69, 9.17) is 23.2 Å². The van der Waals surface area contributed by atoms with Gasteiger partial charge in [0.15, 0.2) is 11.0 Å². The Morgan fingerprint density at radius 1 is 1.31 bits per heavy atom. The third-order valence-corrected chi connectivity index (χ3v) is 1.93. The number of halogens is 2. The molecule has 6 heteroatoms. The van der Waals surface area contributed by atoms with Crippen LogP contribution >= 0.6 is 23.2 Å². The summed E-state index contributed by atoms with van der Waals surface area (Å²) < 4.78 is 0. The summed E-state index contributed by atoms with van der Waals surface area (Å²) in [6, 6.07) is 0. The van der Waals surface area contributed by atoms with Crippen molar-refractivity contribution in [1.29, 1.82) is 0 Å². The normalized spacial score (nSPS) is 10.2. The van der Waals surface area contributed by atoms with E-state index in [1.807, 2.05) is 11.9 Å². The van der Waals surface area contributed by atoms with Crippen molar-refractivity contribution in [2.24, 2.45) is 0 Å². The molecule has 1 rings (SSSR count). The fourth-order valence-corrected chi connectivity index (χ4v) is 1.31. The number of hydrogen-bond donors (Lipinski definition) is 0. The molecule has 0 aliphatic rings. The highest BCUT2D eigenvalue weighted by Crippen LogP contribution is 2.19. The molecule has 0 unspecified atom stereocenters. The lowest BCUT2D eigenvalue weighted by Crippen LogP contribution is -2.20. The number of nitrogens with zero attached hydrogens (tertiary/aromatic N) is 4. The van der Waals surface area contributed by atoms with Gasteiger partial charge in [-0.05, 0) is 18.0 Å². The zero-order valence-electron chi connectivity index (χ0n) is 7.46. The van der Waals surface area contributed by atoms with E-state index in [1.54, 1.807) is 0 Å². The molecule has 1 aromatic rings. The van der Waals surface area contributed by atoms with Crippen LogP contribution in [-0.2, 0) is 0 Å². The van der Waals surface area contributed by atoms with Gasteiger partial charge in [0.2, 0.25) is 5.28 Å². The van der Waals surface area contributed by atoms with Gasteiger partial charge >= 0.3 is 0 Å². The Bertz CT molecular complexity index is 292. The molecule has 0 amide bonds. The highest BCUT2D eigenvalue weighted by molar-refractivity contribution is 6.32. The number of hydrogen-bond acceptors (Lipinski definition) is 4. The van der Waals surface area contributed by atoms with Crippen molar-refractivity contribution in [1.82, 2.24) is 15.2 Å². The molecule has 0 saturated heterocycles. The first kappa shape index (κ1) is 10.5. The second-order valence-electron chi connectivity index (χ2n) is 2.62. The summed E-state index contributed by atoms with van der Waals surface area (Å²) >= 11 is 11.4. The lowest BCUT2D eigenvalue weighted by molar-refractivity contribution is 0.821. The van der Waals surface area contributed by atoms with Gasteiger partial charge in [-0.15, -0.1) is 10.2 Å². The molecule has 0 bridgehead atoms. The van der Waals surface area contributed by atoms with Crippen LogP contribution in [0.5, 0.6) is 0 Å². The average molecular weight is 221 g/mol. The van der Waals surface area contributed by atoms with E-state index < -0.39 is 0 Å². The molecular weight excluding hydrogens is 211 g/mol. The van der Waals surface area contributed by atoms with E-state index >= 15 is 0 Å². The third-order valence-electron chi connectivity index (χ3n) is 1.52. The summed E-state index contributed by atoms with van der Waals surface area (Å²) in [4.78, 5) is 5.87. The maximum absolute atomic E-state index is 5.79. The molecule has 0 radical (unpaired) electrons. The SMILES string of the molecule is CCCN(C)c1nc(Cl)nnc1Cl. The van der Waals surface area contributed by atoms with Crippen molar-refractivity contribution in [3.05, 3.63) is 10.4 Å². The van der Waals surface area contributed by atoms with Crippen molar-refractivity contribution in [3.8, 4) is 0 Å². The van der Waals surface area contributed by atoms with Crippen molar-refractivity contribution < 1.29 is 0 Å². The van der Waals surface area contributed by atoms with E-state index in [2.05, 4.69) is 22.1 Å². The predicted octanol–water partition coefficient (Wildman–Crippen LogP) is 2.02. The van der Waals surface area contributed by atoms with Crippen LogP contribution in [0.25, 0.3) is 0 Å². The second-order valence-corrected chi connectivity index (χ2v) is 3.31. The van der Waals surface area contributed by atoms with Crippen LogP contribution in [0.3, 0.4) is 0 Å². The summed E-state index contributed by atoms with van der Waals surface area (Å²) in [5.74, 6) is 0.573. The standard InChI is InChI=1S/C7H10Cl2N4/c1-3-4-13(2)6-5(8)11-12-7(9)10-6/h3-4H2,1-2H3. The molecule has 0 aliphatic carbocycles. The van der Waals surface area contributed by atoms with Gasteiger partial charge in [-0.25, -0.2) is 0 Å². The third kappa shape index (κ3) is 2.67. The molecule has 0 atom stereocenters. The van der Waals surface area contributed by atoms with Gasteiger partial charge in [-0.3, -0.25) is 0 Å². The molecule has 1 heterocycles. The van der Waals surface area contributed by atoms with Gasteiger partial charge in [0, 0.05) is 13.6 Å². The Labute approximate surface area is 86.9 Å². The molecule has 0 fully saturated rings. The minimum absolute atomic E-state index is 0.113. The maximum Gasteiger partial charge on any atom is 0.245 e. The lowest BCUT2D eigenvalue weighted by atomic mass is 10.4. The lowest BCUT2D eigenvalue weighted by Gasteiger charge is -2.16. The van der Waals surface area contributed by atoms with Gasteiger partial charge in [-0.1, -0.05) is 18.5 Å². The molecule has 13 heavy (non-hydrogen) atoms. The first-order chi connectivity index (χ1) is 6.15. The van der Waals surface area contributed by atoms with Crippen molar-refractivity contribution >= 4 is 29.0 Å². The first-order valence-electron chi connectivity index (χ1n) is 3.92. The van der Waals surface area contributed by atoms with Gasteiger partial charge in [0.1, 0.15) is 0 Å². The summed E-state index contributed by atoms with van der Waals surface area (Å²) in [6.07, 6.45) is 1.01. The average Bonchev–Trinajstić information content (AvgIpc) is 2.09. The van der Waals surface area contributed by atoms with Gasteiger partial charge < -0.3 is 4.90 Å². The Balaban J connectivity index is 2.91. The topological polar surface area (TPSA) is 41.9 Å². The van der Waals surface area contributed by atoms with Crippen LogP contribution in [0.1, 0.15) is 13.3 Å². The molecule has 0 aliphatic heterocycles. The quantitative estimate of drug-likeness (QED) is 0.782. The monoisotopic (exact) mass is 220 g/mol. The van der Waals surface area contributed by atoms with E-state index in [1.165, 1.54) is 0 Å². The molecule has 72 valence electrons. The Morgan fingerprint density at radius 3 is 2.62 bits per heavy atom. The Hall–Kier alpha value is -0.610. The van der Waals surface area contributed by atoms with Crippen molar-refractivity contribution in [2.75, 3.05) is 18.5 Å². The fourth-order valence-electron chi connectivity index (χ4n) is 0.970. The molecule has 4 nitrogen and oxygen atoms in total. The van der Waals surface area contributed by atoms with E-state index in [0.29, 0.717) is 5.82 Å². The highest BCUT2D eigenvalue weighted by Gasteiger charge is 2.09. The summed E-state index contributed by atoms with van der Waals surface area (Å²) in [5, 5.41) is 7.58. The minimum atomic E-state index is 0.113. The van der Waals surface area contributed by atoms with E-state index in [0.717, 1.165) is 13.0 Å². The van der Waals surface area contributed by atoms with Gasteiger partial charge in [0.25, 0.3) is 0 Å². The summed E-state index contributed by atoms with van der Waals surface area (Å²) in [7, 11) is 1.88. The predicted molar refractivity (Wildman–Crippen MR) is 53.4 cm³/mol. The van der Waals surface area contributed by atoms with E-state index in [9.17, 15) is 0 Å². The summed E-state index contributed by atoms with van der Waals surface area (Å²) in [5.41, 5.74) is 0. The minimum Gasteiger partial charge on any atom is -0.357 e. The van der Waals surface area contributed by atoms with Crippen LogP contribution in [0.2, 0.25) is 10.4 Å². The summed E-state index contributed by atoms with van der Waals surface area (Å²) in [6.45, 7) is 2.93. The smallest absolute Gasteiger partial charge is 0.245 e. The fraction of sp³-hybridized carbons (Fsp3) is 0.571. The van der Waals surface area contributed by atoms with Gasteiger partial charge in [0.05, 0.1) is 0 Å². The van der Waals surface area contributed by atoms with Crippen LogP contribution < -0.4 is 4.90 Å². The Kier molecular flexibility index (Phi) is 3.69. The largest absolute Gasteiger partial charge is 0.357 e. The highest BCUT2D eigenvalue weighted by atomic mass is 35.5. The zero-order valence-corrected chi connectivity index (χ0v) is 8.97.